The van der Waals surface area contributed by atoms with Crippen molar-refractivity contribution < 1.29 is 97.7 Å². The quantitative estimate of drug-likeness (QED) is 0.0225. The summed E-state index contributed by atoms with van der Waals surface area (Å²) in [5, 5.41) is 87.6. The van der Waals surface area contributed by atoms with Gasteiger partial charge in [0, 0.05) is 159 Å². The molecule has 0 saturated carbocycles. The number of amides is 7. The number of carboxylic acid groups (broad SMARTS) is 3. The Hall–Kier alpha value is -8.52. The first kappa shape index (κ1) is 86.4. The van der Waals surface area contributed by atoms with Gasteiger partial charge < -0.3 is 82.4 Å². The van der Waals surface area contributed by atoms with Gasteiger partial charge in [0.1, 0.15) is 17.9 Å². The summed E-state index contributed by atoms with van der Waals surface area (Å²) in [5.74, 6) is -8.80. The Balaban J connectivity index is 0.910. The van der Waals surface area contributed by atoms with E-state index in [9.17, 15) is 97.7 Å². The number of nitrogens with one attached hydrogen (secondary N) is 7. The number of hydrogen-bond donors (Lipinski definition) is 14. The molecule has 2 aromatic rings. The largest absolute Gasteiger partial charge is 0.480 e. The summed E-state index contributed by atoms with van der Waals surface area (Å²) in [6, 6.07) is 10.8. The number of ketones is 3. The van der Waals surface area contributed by atoms with E-state index >= 15 is 0 Å². The molecule has 2 aromatic carbocycles. The Morgan fingerprint density at radius 1 is 0.425 bits per heavy atom. The average molecular weight is 1490 g/mol. The summed E-state index contributed by atoms with van der Waals surface area (Å²) in [6.07, 6.45) is 4.10. The minimum atomic E-state index is -1.69. The average Bonchev–Trinajstić information content (AvgIpc) is 1.65. The Labute approximate surface area is 618 Å². The number of carboxylic acids is 3. The molecule has 0 bridgehead atoms. The molecule has 0 aromatic heterocycles. The van der Waals surface area contributed by atoms with Crippen LogP contribution in [0.3, 0.4) is 0 Å². The number of anilines is 2. The smallest absolute Gasteiger partial charge is 0.475 e. The molecule has 0 radical (unpaired) electrons. The van der Waals surface area contributed by atoms with Crippen LogP contribution in [-0.2, 0) is 52.7 Å². The molecular weight excluding hydrogens is 1380 g/mol. The maximum Gasteiger partial charge on any atom is 0.475 e. The van der Waals surface area contributed by atoms with Gasteiger partial charge in [-0.05, 0) is 114 Å². The van der Waals surface area contributed by atoms with Crippen molar-refractivity contribution in [1.29, 1.82) is 0 Å². The zero-order valence-electron chi connectivity index (χ0n) is 60.8. The van der Waals surface area contributed by atoms with Gasteiger partial charge in [-0.3, -0.25) is 91.7 Å². The van der Waals surface area contributed by atoms with Gasteiger partial charge in [0.05, 0.1) is 64.2 Å². The Morgan fingerprint density at radius 3 is 1.12 bits per heavy atom. The number of rotatable bonds is 42. The molecule has 106 heavy (non-hydrogen) atoms. The van der Waals surface area contributed by atoms with Gasteiger partial charge in [0.2, 0.25) is 29.5 Å². The van der Waals surface area contributed by atoms with E-state index in [4.69, 9.17) is 0 Å². The molecule has 0 spiro atoms. The molecule has 37 heteroatoms. The molecule has 4 aliphatic rings. The highest BCUT2D eigenvalue weighted by atomic mass is 16.4. The Kier molecular flexibility index (Phi) is 36.9. The lowest BCUT2D eigenvalue weighted by Gasteiger charge is -2.33. The number of likely N-dealkylation sites (tertiary alicyclic amines) is 2. The number of nitrogens with zero attached hydrogens (tertiary/aromatic N) is 8. The van der Waals surface area contributed by atoms with E-state index in [-0.39, 0.29) is 185 Å². The van der Waals surface area contributed by atoms with Gasteiger partial charge in [-0.15, -0.1) is 0 Å². The third kappa shape index (κ3) is 31.1. The zero-order chi connectivity index (χ0) is 77.2. The number of hydrogen-bond acceptors (Lipinski definition) is 25. The summed E-state index contributed by atoms with van der Waals surface area (Å²) in [4.78, 5) is 180. The van der Waals surface area contributed by atoms with Gasteiger partial charge in [-0.1, -0.05) is 6.42 Å². The van der Waals surface area contributed by atoms with Gasteiger partial charge in [-0.25, -0.2) is 0 Å². The molecule has 1 unspecified atom stereocenters. The maximum atomic E-state index is 14.1. The van der Waals surface area contributed by atoms with Gasteiger partial charge in [0.15, 0.2) is 11.6 Å². The second kappa shape index (κ2) is 45.2. The van der Waals surface area contributed by atoms with Crippen LogP contribution in [0.15, 0.2) is 48.5 Å². The fourth-order valence-electron chi connectivity index (χ4n) is 13.2. The van der Waals surface area contributed by atoms with E-state index in [1.807, 2.05) is 9.80 Å². The van der Waals surface area contributed by atoms with Crippen LogP contribution in [0, 0.1) is 5.92 Å². The standard InChI is InChI=1S/C69H107B2N15O20/c1-48(68(101)85-25-7-12-58(85)70(103)104)77-66(99)50-14-18-53(19-15-50)75-40-55(87)10-5-23-73-61(91)44-81-31-29-80(30-32-81)43-60(90)72-22-4-3-9-52(39-57(89)42-79-27-33-82(45-62(92)93)35-37-84(47-64(96)97)38-36-83(34-28-79)46-63(94)95)65(98)74-24-6-11-56(88)41-76-54-20-16-51(17-21-54)67(100)78-49(2)69(102)86-26-8-13-59(86)71(105)106/h14-21,48-49,52,58-59,75-76,103-106H,3-13,22-47H2,1-2H3,(H,72,90)(H,73,91)(H,74,98)(H,77,99)(H,78,100)(H,92,93)(H,94,95)(H,96,97)/t48-,49-,52?,58+,59+/m1/s1. The molecule has 0 aliphatic carbocycles. The lowest BCUT2D eigenvalue weighted by atomic mass is 9.78. The first-order valence-electron chi connectivity index (χ1n) is 36.6. The highest BCUT2D eigenvalue weighted by Crippen LogP contribution is 2.22. The number of Topliss-reactive ketones (excluding diaryl/α,β-unsaturated/α-hetero) is 3. The van der Waals surface area contributed by atoms with Gasteiger partial charge in [-0.2, -0.15) is 0 Å². The molecule has 5 atom stereocenters. The van der Waals surface area contributed by atoms with Crippen molar-refractivity contribution in [3.63, 3.8) is 0 Å². The number of aliphatic carboxylic acids is 3. The van der Waals surface area contributed by atoms with Crippen molar-refractivity contribution in [2.75, 3.05) is 174 Å². The van der Waals surface area contributed by atoms with E-state index in [2.05, 4.69) is 37.2 Å². The summed E-state index contributed by atoms with van der Waals surface area (Å²) < 4.78 is 0. The number of carbonyl (C=O) groups excluding carboxylic acids is 10. The van der Waals surface area contributed by atoms with Crippen LogP contribution < -0.4 is 37.2 Å². The first-order valence-corrected chi connectivity index (χ1v) is 36.6. The maximum absolute atomic E-state index is 14.1. The second-order valence-electron chi connectivity index (χ2n) is 27.6. The third-order valence-electron chi connectivity index (χ3n) is 19.2. The Morgan fingerprint density at radius 2 is 0.764 bits per heavy atom. The molecule has 584 valence electrons. The molecule has 14 N–H and O–H groups in total. The second-order valence-corrected chi connectivity index (χ2v) is 27.6. The predicted molar refractivity (Wildman–Crippen MR) is 390 cm³/mol. The van der Waals surface area contributed by atoms with Crippen LogP contribution in [0.25, 0.3) is 0 Å². The molecule has 35 nitrogen and oxygen atoms in total. The van der Waals surface area contributed by atoms with Gasteiger partial charge >= 0.3 is 32.1 Å². The lowest BCUT2D eigenvalue weighted by Crippen LogP contribution is -2.52. The lowest BCUT2D eigenvalue weighted by molar-refractivity contribution is -0.140. The zero-order valence-corrected chi connectivity index (χ0v) is 60.8. The van der Waals surface area contributed by atoms with Crippen molar-refractivity contribution in [3.8, 4) is 0 Å². The minimum absolute atomic E-state index is 0.0257. The van der Waals surface area contributed by atoms with E-state index in [0.717, 1.165) is 0 Å². The highest BCUT2D eigenvalue weighted by molar-refractivity contribution is 6.44. The SMILES string of the molecule is C[C@@H](NC(=O)c1ccc(NCC(=O)CCCNC(=O)CN2CCN(CC(=O)NCCCCC(CC(=O)CN3CCN(CC(=O)O)CCN(CC(=O)O)CCN(CC(=O)O)CC3)C(=O)NCCCC(=O)CNc3ccc(C(=O)N[C@H](C)C(=O)N4CCC[C@H]4B(O)O)cc3)CC2)cc1)C(=O)N1CCC[C@H]1B(O)O. The van der Waals surface area contributed by atoms with E-state index in [1.165, 1.54) is 35.8 Å². The van der Waals surface area contributed by atoms with Crippen molar-refractivity contribution in [2.45, 2.75) is 115 Å². The third-order valence-corrected chi connectivity index (χ3v) is 19.2. The highest BCUT2D eigenvalue weighted by Gasteiger charge is 2.40. The van der Waals surface area contributed by atoms with Crippen LogP contribution in [0.4, 0.5) is 11.4 Å². The summed E-state index contributed by atoms with van der Waals surface area (Å²) in [5.41, 5.74) is 1.69. The van der Waals surface area contributed by atoms with Crippen molar-refractivity contribution >= 4 is 102 Å². The minimum Gasteiger partial charge on any atom is -0.480 e. The van der Waals surface area contributed by atoms with Crippen LogP contribution >= 0.6 is 0 Å². The van der Waals surface area contributed by atoms with Crippen LogP contribution in [-0.4, -0.2) is 353 Å². The van der Waals surface area contributed by atoms with Crippen molar-refractivity contribution in [1.82, 2.24) is 65.8 Å². The topological polar surface area (TPSA) is 474 Å². The monoisotopic (exact) mass is 1490 g/mol. The molecular formula is C69H107B2N15O20. The summed E-state index contributed by atoms with van der Waals surface area (Å²) >= 11 is 0. The fourth-order valence-corrected chi connectivity index (χ4v) is 13.2. The Bertz CT molecular complexity index is 3230. The van der Waals surface area contributed by atoms with Crippen LogP contribution in [0.1, 0.15) is 112 Å². The molecule has 4 saturated heterocycles. The fraction of sp³-hybridized carbons (Fsp3) is 0.638. The first-order chi connectivity index (χ1) is 50.6. The van der Waals surface area contributed by atoms with E-state index < -0.39 is 91.6 Å². The predicted octanol–water partition coefficient (Wildman–Crippen LogP) is -3.66. The molecule has 4 fully saturated rings. The van der Waals surface area contributed by atoms with Crippen LogP contribution in [0.5, 0.6) is 0 Å². The summed E-state index contributed by atoms with van der Waals surface area (Å²) in [6.45, 7) is 7.19. The van der Waals surface area contributed by atoms with E-state index in [0.29, 0.717) is 108 Å². The van der Waals surface area contributed by atoms with Crippen molar-refractivity contribution in [3.05, 3.63) is 59.7 Å². The van der Waals surface area contributed by atoms with Crippen molar-refractivity contribution in [2.24, 2.45) is 5.92 Å². The van der Waals surface area contributed by atoms with E-state index in [1.54, 1.807) is 56.0 Å². The number of piperazine rings is 1. The number of unbranched alkanes of at least 4 members (excludes halogenated alkanes) is 1. The van der Waals surface area contributed by atoms with Crippen LogP contribution in [0.2, 0.25) is 0 Å². The number of carbonyl (C=O) groups is 13. The number of benzene rings is 2. The molecule has 4 heterocycles. The summed E-state index contributed by atoms with van der Waals surface area (Å²) in [7, 11) is -3.36. The van der Waals surface area contributed by atoms with Gasteiger partial charge in [0.25, 0.3) is 11.8 Å². The molecule has 6 rings (SSSR count). The molecule has 7 amide bonds. The normalized spacial score (nSPS) is 18.4. The molecule has 4 aliphatic heterocycles.